The molecule has 0 fully saturated rings. The number of pyridine rings is 1. The highest BCUT2D eigenvalue weighted by molar-refractivity contribution is 6.42. The van der Waals surface area contributed by atoms with Gasteiger partial charge < -0.3 is 5.32 Å². The fraction of sp³-hybridized carbons (Fsp3) is 0.312. The van der Waals surface area contributed by atoms with Crippen molar-refractivity contribution in [3.63, 3.8) is 0 Å². The molecule has 0 saturated heterocycles. The van der Waals surface area contributed by atoms with E-state index in [2.05, 4.69) is 30.2 Å². The molecule has 0 bridgehead atoms. The third-order valence-electron chi connectivity index (χ3n) is 3.17. The van der Waals surface area contributed by atoms with Crippen LogP contribution in [-0.2, 0) is 6.42 Å². The summed E-state index contributed by atoms with van der Waals surface area (Å²) >= 11 is 12.0. The summed E-state index contributed by atoms with van der Waals surface area (Å²) in [5.74, 6) is 0. The second kappa shape index (κ2) is 7.07. The average Bonchev–Trinajstić information content (AvgIpc) is 2.42. The molecule has 0 spiro atoms. The van der Waals surface area contributed by atoms with Crippen molar-refractivity contribution in [2.24, 2.45) is 0 Å². The van der Waals surface area contributed by atoms with Crippen LogP contribution in [0.5, 0.6) is 0 Å². The van der Waals surface area contributed by atoms with Gasteiger partial charge in [0.25, 0.3) is 0 Å². The van der Waals surface area contributed by atoms with Gasteiger partial charge in [-0.1, -0.05) is 42.3 Å². The van der Waals surface area contributed by atoms with E-state index >= 15 is 0 Å². The molecule has 0 aliphatic rings. The number of aromatic nitrogens is 1. The summed E-state index contributed by atoms with van der Waals surface area (Å²) in [5.41, 5.74) is 3.52. The Morgan fingerprint density at radius 1 is 1.15 bits per heavy atom. The third kappa shape index (κ3) is 3.95. The van der Waals surface area contributed by atoms with Gasteiger partial charge in [0.1, 0.15) is 0 Å². The van der Waals surface area contributed by atoms with E-state index in [0.29, 0.717) is 10.0 Å². The monoisotopic (exact) mass is 308 g/mol. The molecule has 1 aromatic heterocycles. The minimum atomic E-state index is 0.227. The number of nitrogens with zero attached hydrogens (tertiary/aromatic N) is 1. The van der Waals surface area contributed by atoms with Gasteiger partial charge in [0.2, 0.25) is 0 Å². The molecule has 2 rings (SSSR count). The first-order valence-electron chi connectivity index (χ1n) is 6.69. The largest absolute Gasteiger partial charge is 0.310 e. The molecule has 1 unspecified atom stereocenters. The van der Waals surface area contributed by atoms with Gasteiger partial charge in [-0.25, -0.2) is 0 Å². The van der Waals surface area contributed by atoms with Crippen LogP contribution >= 0.6 is 23.2 Å². The molecule has 0 radical (unpaired) electrons. The molecule has 2 aromatic rings. The van der Waals surface area contributed by atoms with Crippen molar-refractivity contribution in [2.45, 2.75) is 26.3 Å². The summed E-state index contributed by atoms with van der Waals surface area (Å²) in [7, 11) is 0. The number of nitrogens with one attached hydrogen (secondary N) is 1. The number of aryl methyl sites for hydroxylation is 1. The van der Waals surface area contributed by atoms with Gasteiger partial charge in [0.15, 0.2) is 0 Å². The van der Waals surface area contributed by atoms with E-state index in [4.69, 9.17) is 23.2 Å². The Morgan fingerprint density at radius 2 is 1.95 bits per heavy atom. The van der Waals surface area contributed by atoms with E-state index in [1.165, 1.54) is 11.1 Å². The van der Waals surface area contributed by atoms with Crippen LogP contribution in [0.2, 0.25) is 10.0 Å². The van der Waals surface area contributed by atoms with E-state index in [1.807, 2.05) is 30.6 Å². The Hall–Kier alpha value is -1.09. The van der Waals surface area contributed by atoms with Crippen LogP contribution in [0, 0.1) is 6.92 Å². The maximum absolute atomic E-state index is 6.08. The van der Waals surface area contributed by atoms with Crippen molar-refractivity contribution in [1.29, 1.82) is 0 Å². The average molecular weight is 309 g/mol. The Bertz CT molecular complexity index is 584. The maximum atomic E-state index is 6.08. The Morgan fingerprint density at radius 3 is 2.60 bits per heavy atom. The minimum Gasteiger partial charge on any atom is -0.310 e. The van der Waals surface area contributed by atoms with E-state index in [0.717, 1.165) is 18.5 Å². The van der Waals surface area contributed by atoms with Crippen LogP contribution < -0.4 is 5.32 Å². The van der Waals surface area contributed by atoms with Crippen LogP contribution in [0.15, 0.2) is 36.7 Å². The quantitative estimate of drug-likeness (QED) is 0.874. The van der Waals surface area contributed by atoms with Crippen molar-refractivity contribution < 1.29 is 0 Å². The molecule has 1 atom stereocenters. The molecule has 1 aromatic carbocycles. The zero-order chi connectivity index (χ0) is 14.5. The summed E-state index contributed by atoms with van der Waals surface area (Å²) in [5, 5.41) is 4.68. The lowest BCUT2D eigenvalue weighted by atomic mass is 9.99. The highest BCUT2D eigenvalue weighted by atomic mass is 35.5. The number of likely N-dealkylation sites (N-methyl/N-ethyl adjacent to an activating group) is 1. The molecule has 106 valence electrons. The standard InChI is InChI=1S/C16H18Cl2N2/c1-3-20-16(13-6-11(2)9-19-10-13)8-12-4-5-14(17)15(18)7-12/h4-7,9-10,16,20H,3,8H2,1-2H3. The smallest absolute Gasteiger partial charge is 0.0595 e. The lowest BCUT2D eigenvalue weighted by Crippen LogP contribution is -2.23. The van der Waals surface area contributed by atoms with Crippen molar-refractivity contribution in [3.8, 4) is 0 Å². The fourth-order valence-electron chi connectivity index (χ4n) is 2.23. The van der Waals surface area contributed by atoms with Crippen molar-refractivity contribution >= 4 is 23.2 Å². The van der Waals surface area contributed by atoms with Gasteiger partial charge in [-0.3, -0.25) is 4.98 Å². The summed E-state index contributed by atoms with van der Waals surface area (Å²) in [6.07, 6.45) is 4.64. The van der Waals surface area contributed by atoms with Gasteiger partial charge in [-0.15, -0.1) is 0 Å². The molecule has 4 heteroatoms. The molecular weight excluding hydrogens is 291 g/mol. The summed E-state index contributed by atoms with van der Waals surface area (Å²) in [6, 6.07) is 8.18. The topological polar surface area (TPSA) is 24.9 Å². The molecule has 1 N–H and O–H groups in total. The number of halogens is 2. The zero-order valence-corrected chi connectivity index (χ0v) is 13.2. The van der Waals surface area contributed by atoms with Crippen molar-refractivity contribution in [1.82, 2.24) is 10.3 Å². The Balaban J connectivity index is 2.22. The molecule has 20 heavy (non-hydrogen) atoms. The molecular formula is C16H18Cl2N2. The molecule has 0 saturated carbocycles. The second-order valence-electron chi connectivity index (χ2n) is 4.86. The minimum absolute atomic E-state index is 0.227. The van der Waals surface area contributed by atoms with Gasteiger partial charge >= 0.3 is 0 Å². The zero-order valence-electron chi connectivity index (χ0n) is 11.7. The molecule has 2 nitrogen and oxygen atoms in total. The SMILES string of the molecule is CCNC(Cc1ccc(Cl)c(Cl)c1)c1cncc(C)c1. The molecule has 0 amide bonds. The van der Waals surface area contributed by atoms with Gasteiger partial charge in [-0.05, 0) is 48.7 Å². The summed E-state index contributed by atoms with van der Waals surface area (Å²) < 4.78 is 0. The van der Waals surface area contributed by atoms with Crippen LogP contribution in [0.25, 0.3) is 0 Å². The van der Waals surface area contributed by atoms with Crippen LogP contribution in [0.1, 0.15) is 29.7 Å². The van der Waals surface area contributed by atoms with Crippen LogP contribution in [0.4, 0.5) is 0 Å². The lowest BCUT2D eigenvalue weighted by molar-refractivity contribution is 0.548. The molecule has 0 aliphatic heterocycles. The maximum Gasteiger partial charge on any atom is 0.0595 e. The fourth-order valence-corrected chi connectivity index (χ4v) is 2.55. The van der Waals surface area contributed by atoms with E-state index < -0.39 is 0 Å². The molecule has 1 heterocycles. The Kier molecular flexibility index (Phi) is 5.41. The van der Waals surface area contributed by atoms with E-state index in [1.54, 1.807) is 0 Å². The lowest BCUT2D eigenvalue weighted by Gasteiger charge is -2.19. The number of hydrogen-bond acceptors (Lipinski definition) is 2. The highest BCUT2D eigenvalue weighted by Gasteiger charge is 2.12. The number of benzene rings is 1. The first-order valence-corrected chi connectivity index (χ1v) is 7.44. The van der Waals surface area contributed by atoms with Crippen molar-refractivity contribution in [3.05, 3.63) is 63.4 Å². The first-order chi connectivity index (χ1) is 9.60. The second-order valence-corrected chi connectivity index (χ2v) is 5.67. The predicted octanol–water partition coefficient (Wildman–Crippen LogP) is 4.59. The number of rotatable bonds is 5. The third-order valence-corrected chi connectivity index (χ3v) is 3.91. The van der Waals surface area contributed by atoms with Gasteiger partial charge in [0, 0.05) is 18.4 Å². The van der Waals surface area contributed by atoms with E-state index in [9.17, 15) is 0 Å². The molecule has 0 aliphatic carbocycles. The van der Waals surface area contributed by atoms with Crippen LogP contribution in [0.3, 0.4) is 0 Å². The number of hydrogen-bond donors (Lipinski definition) is 1. The first kappa shape index (κ1) is 15.3. The van der Waals surface area contributed by atoms with Gasteiger partial charge in [-0.2, -0.15) is 0 Å². The van der Waals surface area contributed by atoms with Crippen molar-refractivity contribution in [2.75, 3.05) is 6.54 Å². The Labute approximate surface area is 130 Å². The highest BCUT2D eigenvalue weighted by Crippen LogP contribution is 2.25. The van der Waals surface area contributed by atoms with Gasteiger partial charge in [0.05, 0.1) is 10.0 Å². The van der Waals surface area contributed by atoms with E-state index in [-0.39, 0.29) is 6.04 Å². The summed E-state index contributed by atoms with van der Waals surface area (Å²) in [6.45, 7) is 5.06. The van der Waals surface area contributed by atoms with Crippen LogP contribution in [-0.4, -0.2) is 11.5 Å². The normalized spacial score (nSPS) is 12.4. The summed E-state index contributed by atoms with van der Waals surface area (Å²) in [4.78, 5) is 4.27. The predicted molar refractivity (Wildman–Crippen MR) is 85.6 cm³/mol.